The van der Waals surface area contributed by atoms with Crippen molar-refractivity contribution in [1.82, 2.24) is 14.3 Å². The summed E-state index contributed by atoms with van der Waals surface area (Å²) in [6.07, 6.45) is 18.4. The lowest BCUT2D eigenvalue weighted by atomic mass is 9.91. The molecule has 0 radical (unpaired) electrons. The van der Waals surface area contributed by atoms with E-state index in [0.29, 0.717) is 0 Å². The standard InChI is InChI=1S/C22H29N3O/c1-24-16-20(15-23-24)22-14-19-8-4-3-6-18(13-21(19)25(22)2)12-17-7-5-10-26-11-9-17/h6,8,13-17H,3-5,7,9-12H2,1-2H3. The van der Waals surface area contributed by atoms with Crippen molar-refractivity contribution < 1.29 is 4.74 Å². The zero-order valence-corrected chi connectivity index (χ0v) is 15.9. The summed E-state index contributed by atoms with van der Waals surface area (Å²) in [7, 11) is 4.14. The van der Waals surface area contributed by atoms with Gasteiger partial charge in [-0.1, -0.05) is 12.2 Å². The van der Waals surface area contributed by atoms with Crippen LogP contribution >= 0.6 is 0 Å². The summed E-state index contributed by atoms with van der Waals surface area (Å²) < 4.78 is 9.83. The Labute approximate surface area is 155 Å². The lowest BCUT2D eigenvalue weighted by Crippen LogP contribution is -2.28. The third-order valence-corrected chi connectivity index (χ3v) is 5.67. The number of nitrogens with zero attached hydrogens (tertiary/aromatic N) is 3. The van der Waals surface area contributed by atoms with Crippen LogP contribution in [0.25, 0.3) is 23.4 Å². The van der Waals surface area contributed by atoms with E-state index < -0.39 is 0 Å². The zero-order chi connectivity index (χ0) is 17.9. The van der Waals surface area contributed by atoms with Crippen LogP contribution < -0.4 is 10.6 Å². The first-order valence-electron chi connectivity index (χ1n) is 9.84. The van der Waals surface area contributed by atoms with Gasteiger partial charge in [0.15, 0.2) is 0 Å². The number of ether oxygens (including phenoxy) is 1. The Bertz CT molecular complexity index is 908. The Balaban J connectivity index is 1.69. The second-order valence-corrected chi connectivity index (χ2v) is 7.65. The largest absolute Gasteiger partial charge is 0.381 e. The van der Waals surface area contributed by atoms with Gasteiger partial charge in [0.25, 0.3) is 0 Å². The van der Waals surface area contributed by atoms with Crippen molar-refractivity contribution in [3.05, 3.63) is 40.7 Å². The van der Waals surface area contributed by atoms with E-state index in [-0.39, 0.29) is 0 Å². The Morgan fingerprint density at radius 2 is 2.04 bits per heavy atom. The minimum Gasteiger partial charge on any atom is -0.381 e. The highest BCUT2D eigenvalue weighted by molar-refractivity contribution is 5.61. The molecule has 2 aromatic heterocycles. The molecule has 2 aromatic rings. The van der Waals surface area contributed by atoms with E-state index in [1.165, 1.54) is 53.1 Å². The number of aromatic nitrogens is 3. The maximum absolute atomic E-state index is 5.64. The molecule has 0 spiro atoms. The maximum atomic E-state index is 5.64. The van der Waals surface area contributed by atoms with Crippen molar-refractivity contribution in [2.75, 3.05) is 13.2 Å². The number of rotatable bonds is 3. The fraction of sp³-hybridized carbons (Fsp3) is 0.500. The smallest absolute Gasteiger partial charge is 0.0583 e. The van der Waals surface area contributed by atoms with Gasteiger partial charge < -0.3 is 9.30 Å². The van der Waals surface area contributed by atoms with Gasteiger partial charge in [0.2, 0.25) is 0 Å². The quantitative estimate of drug-likeness (QED) is 0.852. The van der Waals surface area contributed by atoms with Crippen molar-refractivity contribution in [1.29, 1.82) is 0 Å². The Hall–Kier alpha value is -2.07. The summed E-state index contributed by atoms with van der Waals surface area (Å²) in [6, 6.07) is 2.31. The van der Waals surface area contributed by atoms with E-state index in [2.05, 4.69) is 47.2 Å². The zero-order valence-electron chi connectivity index (χ0n) is 15.9. The molecule has 4 heteroatoms. The van der Waals surface area contributed by atoms with E-state index in [1.54, 1.807) is 0 Å². The lowest BCUT2D eigenvalue weighted by molar-refractivity contribution is 0.141. The molecule has 0 amide bonds. The second-order valence-electron chi connectivity index (χ2n) is 7.65. The van der Waals surface area contributed by atoms with Crippen LogP contribution in [-0.2, 0) is 18.8 Å². The molecule has 1 fully saturated rings. The summed E-state index contributed by atoms with van der Waals surface area (Å²) in [4.78, 5) is 0. The van der Waals surface area contributed by atoms with E-state index >= 15 is 0 Å². The number of hydrogen-bond donors (Lipinski definition) is 0. The van der Waals surface area contributed by atoms with Crippen LogP contribution in [0.1, 0.15) is 38.5 Å². The van der Waals surface area contributed by atoms with Gasteiger partial charge >= 0.3 is 0 Å². The molecule has 1 aliphatic carbocycles. The normalized spacial score (nSPS) is 20.8. The molecular formula is C22H29N3O. The SMILES string of the molecule is Cn1cc(-c2cc3c(n2C)=CC(CC2CCCOCC2)=CCCC=3)cn1. The average molecular weight is 351 g/mol. The number of hydrogen-bond acceptors (Lipinski definition) is 2. The highest BCUT2D eigenvalue weighted by Gasteiger charge is 2.15. The molecule has 2 aliphatic rings. The highest BCUT2D eigenvalue weighted by atomic mass is 16.5. The van der Waals surface area contributed by atoms with Gasteiger partial charge in [-0.05, 0) is 67.4 Å². The number of fused-ring (bicyclic) bond motifs is 1. The Morgan fingerprint density at radius 1 is 1.15 bits per heavy atom. The summed E-state index contributed by atoms with van der Waals surface area (Å²) in [6.45, 7) is 1.86. The van der Waals surface area contributed by atoms with Gasteiger partial charge in [0.05, 0.1) is 11.9 Å². The van der Waals surface area contributed by atoms with E-state index in [4.69, 9.17) is 4.74 Å². The monoisotopic (exact) mass is 351 g/mol. The molecule has 0 bridgehead atoms. The molecule has 138 valence electrons. The Morgan fingerprint density at radius 3 is 2.88 bits per heavy atom. The molecule has 0 aromatic carbocycles. The third-order valence-electron chi connectivity index (χ3n) is 5.67. The molecule has 0 saturated carbocycles. The van der Waals surface area contributed by atoms with Crippen LogP contribution in [0.3, 0.4) is 0 Å². The van der Waals surface area contributed by atoms with Crippen LogP contribution in [0.2, 0.25) is 0 Å². The molecular weight excluding hydrogens is 322 g/mol. The van der Waals surface area contributed by atoms with Gasteiger partial charge in [-0.25, -0.2) is 0 Å². The molecule has 1 aliphatic heterocycles. The maximum Gasteiger partial charge on any atom is 0.0583 e. The van der Waals surface area contributed by atoms with E-state index in [0.717, 1.165) is 32.0 Å². The summed E-state index contributed by atoms with van der Waals surface area (Å²) in [5.41, 5.74) is 3.90. The van der Waals surface area contributed by atoms with Crippen LogP contribution in [0.15, 0.2) is 30.1 Å². The predicted molar refractivity (Wildman–Crippen MR) is 106 cm³/mol. The molecule has 1 atom stereocenters. The van der Waals surface area contributed by atoms with Crippen molar-refractivity contribution in [3.63, 3.8) is 0 Å². The second kappa shape index (κ2) is 7.67. The van der Waals surface area contributed by atoms with E-state index in [1.807, 2.05) is 17.9 Å². The first-order valence-corrected chi connectivity index (χ1v) is 9.84. The topological polar surface area (TPSA) is 32.0 Å². The van der Waals surface area contributed by atoms with Crippen LogP contribution in [0, 0.1) is 5.92 Å². The third kappa shape index (κ3) is 3.70. The highest BCUT2D eigenvalue weighted by Crippen LogP contribution is 2.25. The molecule has 0 N–H and O–H groups in total. The first kappa shape index (κ1) is 17.3. The van der Waals surface area contributed by atoms with Crippen molar-refractivity contribution >= 4 is 12.2 Å². The molecule has 3 heterocycles. The minimum atomic E-state index is 0.755. The van der Waals surface area contributed by atoms with Crippen molar-refractivity contribution in [3.8, 4) is 11.3 Å². The summed E-state index contributed by atoms with van der Waals surface area (Å²) in [5, 5.41) is 7.01. The van der Waals surface area contributed by atoms with Crippen molar-refractivity contribution in [2.24, 2.45) is 20.0 Å². The van der Waals surface area contributed by atoms with Gasteiger partial charge in [0.1, 0.15) is 0 Å². The lowest BCUT2D eigenvalue weighted by Gasteiger charge is -2.14. The molecule has 26 heavy (non-hydrogen) atoms. The fourth-order valence-corrected chi connectivity index (χ4v) is 4.21. The molecule has 4 nitrogen and oxygen atoms in total. The Kier molecular flexibility index (Phi) is 5.11. The predicted octanol–water partition coefficient (Wildman–Crippen LogP) is 2.91. The van der Waals surface area contributed by atoms with Crippen LogP contribution in [0.5, 0.6) is 0 Å². The average Bonchev–Trinajstić information content (AvgIpc) is 3.04. The molecule has 1 saturated heterocycles. The van der Waals surface area contributed by atoms with E-state index in [9.17, 15) is 0 Å². The fourth-order valence-electron chi connectivity index (χ4n) is 4.21. The molecule has 4 rings (SSSR count). The van der Waals surface area contributed by atoms with Crippen LogP contribution in [-0.4, -0.2) is 27.6 Å². The number of allylic oxidation sites excluding steroid dienone is 2. The van der Waals surface area contributed by atoms with Gasteiger partial charge in [-0.15, -0.1) is 0 Å². The minimum absolute atomic E-state index is 0.755. The number of aryl methyl sites for hydroxylation is 1. The van der Waals surface area contributed by atoms with Gasteiger partial charge in [-0.2, -0.15) is 5.10 Å². The van der Waals surface area contributed by atoms with Gasteiger partial charge in [-0.3, -0.25) is 4.68 Å². The summed E-state index contributed by atoms with van der Waals surface area (Å²) in [5.74, 6) is 0.755. The summed E-state index contributed by atoms with van der Waals surface area (Å²) >= 11 is 0. The van der Waals surface area contributed by atoms with Crippen molar-refractivity contribution in [2.45, 2.75) is 38.5 Å². The van der Waals surface area contributed by atoms with Gasteiger partial charge in [0, 0.05) is 44.4 Å². The van der Waals surface area contributed by atoms with Crippen LogP contribution in [0.4, 0.5) is 0 Å². The molecule has 1 unspecified atom stereocenters. The first-order chi connectivity index (χ1) is 12.7.